The Morgan fingerprint density at radius 3 is 2.27 bits per heavy atom. The minimum Gasteiger partial charge on any atom is -0.494 e. The van der Waals surface area contributed by atoms with Gasteiger partial charge in [0.05, 0.1) is 6.61 Å². The van der Waals surface area contributed by atoms with Gasteiger partial charge in [0.1, 0.15) is 5.75 Å². The molecule has 2 heteroatoms. The highest BCUT2D eigenvalue weighted by atomic mass is 32.1. The molecule has 0 aliphatic carbocycles. The smallest absolute Gasteiger partial charge is 0.119 e. The molecule has 1 nitrogen and oxygen atoms in total. The second-order valence-corrected chi connectivity index (χ2v) is 4.41. The molecule has 0 aliphatic rings. The van der Waals surface area contributed by atoms with Gasteiger partial charge in [0.25, 0.3) is 0 Å². The second kappa shape index (κ2) is 6.06. The first-order chi connectivity index (χ1) is 7.15. The van der Waals surface area contributed by atoms with Crippen LogP contribution >= 0.6 is 12.6 Å². The van der Waals surface area contributed by atoms with Gasteiger partial charge in [0, 0.05) is 4.90 Å². The highest BCUT2D eigenvalue weighted by Gasteiger charge is 2.02. The number of ether oxygens (including phenoxy) is 1. The molecule has 1 aromatic carbocycles. The Kier molecular flexibility index (Phi) is 5.03. The Morgan fingerprint density at radius 1 is 1.13 bits per heavy atom. The highest BCUT2D eigenvalue weighted by Crippen LogP contribution is 2.24. The summed E-state index contributed by atoms with van der Waals surface area (Å²) in [7, 11) is 0. The first-order valence-corrected chi connectivity index (χ1v) is 6.03. The third-order valence-electron chi connectivity index (χ3n) is 2.48. The zero-order chi connectivity index (χ0) is 11.3. The van der Waals surface area contributed by atoms with Crippen molar-refractivity contribution in [2.45, 2.75) is 44.9 Å². The summed E-state index contributed by atoms with van der Waals surface area (Å²) < 4.78 is 5.69. The van der Waals surface area contributed by atoms with Crippen molar-refractivity contribution in [3.8, 4) is 5.75 Å². The molecule has 15 heavy (non-hydrogen) atoms. The topological polar surface area (TPSA) is 9.23 Å². The van der Waals surface area contributed by atoms with Crippen molar-refractivity contribution in [1.29, 1.82) is 0 Å². The minimum absolute atomic E-state index is 0.818. The van der Waals surface area contributed by atoms with Gasteiger partial charge in [0.15, 0.2) is 0 Å². The van der Waals surface area contributed by atoms with Crippen molar-refractivity contribution in [1.82, 2.24) is 0 Å². The van der Waals surface area contributed by atoms with E-state index in [0.29, 0.717) is 0 Å². The molecule has 0 fully saturated rings. The molecule has 0 spiro atoms. The highest BCUT2D eigenvalue weighted by molar-refractivity contribution is 7.80. The number of unbranched alkanes of at least 4 members (excludes halogenated alkanes) is 2. The molecule has 0 saturated carbocycles. The fraction of sp³-hybridized carbons (Fsp3) is 0.538. The maximum Gasteiger partial charge on any atom is 0.119 e. The zero-order valence-corrected chi connectivity index (χ0v) is 10.7. The van der Waals surface area contributed by atoms with Crippen LogP contribution in [0.3, 0.4) is 0 Å². The van der Waals surface area contributed by atoms with E-state index < -0.39 is 0 Å². The molecule has 0 bridgehead atoms. The van der Waals surface area contributed by atoms with Crippen molar-refractivity contribution >= 4 is 12.6 Å². The average molecular weight is 224 g/mol. The Bertz CT molecular complexity index is 297. The average Bonchev–Trinajstić information content (AvgIpc) is 2.21. The van der Waals surface area contributed by atoms with Crippen LogP contribution in [0, 0.1) is 13.8 Å². The fourth-order valence-electron chi connectivity index (χ4n) is 1.54. The molecule has 1 aromatic rings. The molecule has 84 valence electrons. The van der Waals surface area contributed by atoms with Crippen LogP contribution in [-0.2, 0) is 0 Å². The molecule has 0 aromatic heterocycles. The third-order valence-corrected chi connectivity index (χ3v) is 3.19. The van der Waals surface area contributed by atoms with Crippen LogP contribution in [0.1, 0.15) is 37.3 Å². The summed E-state index contributed by atoms with van der Waals surface area (Å²) in [6, 6.07) is 4.11. The molecule has 0 heterocycles. The molecule has 0 N–H and O–H groups in total. The lowest BCUT2D eigenvalue weighted by molar-refractivity contribution is 0.305. The molecular weight excluding hydrogens is 204 g/mol. The van der Waals surface area contributed by atoms with Crippen molar-refractivity contribution < 1.29 is 4.74 Å². The Labute approximate surface area is 98.3 Å². The van der Waals surface area contributed by atoms with Crippen LogP contribution in [0.2, 0.25) is 0 Å². The van der Waals surface area contributed by atoms with E-state index in [4.69, 9.17) is 4.74 Å². The van der Waals surface area contributed by atoms with Crippen LogP contribution in [0.4, 0.5) is 0 Å². The quantitative estimate of drug-likeness (QED) is 0.583. The molecule has 0 aliphatic heterocycles. The van der Waals surface area contributed by atoms with Gasteiger partial charge >= 0.3 is 0 Å². The summed E-state index contributed by atoms with van der Waals surface area (Å²) in [6.45, 7) is 7.14. The predicted molar refractivity (Wildman–Crippen MR) is 68.2 cm³/mol. The van der Waals surface area contributed by atoms with Crippen LogP contribution in [-0.4, -0.2) is 6.61 Å². The Balaban J connectivity index is 2.55. The normalized spacial score (nSPS) is 10.4. The monoisotopic (exact) mass is 224 g/mol. The van der Waals surface area contributed by atoms with E-state index in [1.54, 1.807) is 0 Å². The molecular formula is C13H20OS. The van der Waals surface area contributed by atoms with E-state index in [9.17, 15) is 0 Å². The van der Waals surface area contributed by atoms with E-state index in [0.717, 1.165) is 23.7 Å². The minimum atomic E-state index is 0.818. The second-order valence-electron chi connectivity index (χ2n) is 3.96. The van der Waals surface area contributed by atoms with Gasteiger partial charge in [-0.15, -0.1) is 12.6 Å². The summed E-state index contributed by atoms with van der Waals surface area (Å²) in [5, 5.41) is 0. The standard InChI is InChI=1S/C13H20OS/c1-4-5-6-7-14-12-8-10(2)13(15)11(3)9-12/h8-9,15H,4-7H2,1-3H3. The van der Waals surface area contributed by atoms with Crippen molar-refractivity contribution in [2.24, 2.45) is 0 Å². The van der Waals surface area contributed by atoms with Gasteiger partial charge in [-0.05, 0) is 43.5 Å². The number of benzene rings is 1. The van der Waals surface area contributed by atoms with Gasteiger partial charge in [-0.25, -0.2) is 0 Å². The number of hydrogen-bond acceptors (Lipinski definition) is 2. The van der Waals surface area contributed by atoms with E-state index in [2.05, 4.69) is 45.5 Å². The SMILES string of the molecule is CCCCCOc1cc(C)c(S)c(C)c1. The first-order valence-electron chi connectivity index (χ1n) is 5.58. The fourth-order valence-corrected chi connectivity index (χ4v) is 1.67. The molecule has 0 saturated heterocycles. The van der Waals surface area contributed by atoms with E-state index >= 15 is 0 Å². The largest absolute Gasteiger partial charge is 0.494 e. The van der Waals surface area contributed by atoms with Crippen molar-refractivity contribution in [2.75, 3.05) is 6.61 Å². The zero-order valence-electron chi connectivity index (χ0n) is 9.84. The third kappa shape index (κ3) is 3.78. The number of hydrogen-bond donors (Lipinski definition) is 1. The molecule has 0 unspecified atom stereocenters. The summed E-state index contributed by atoms with van der Waals surface area (Å²) in [5.41, 5.74) is 2.37. The lowest BCUT2D eigenvalue weighted by Gasteiger charge is -2.10. The number of rotatable bonds is 5. The lowest BCUT2D eigenvalue weighted by Crippen LogP contribution is -1.98. The van der Waals surface area contributed by atoms with E-state index in [1.165, 1.54) is 24.0 Å². The van der Waals surface area contributed by atoms with Crippen LogP contribution < -0.4 is 4.74 Å². The van der Waals surface area contributed by atoms with Crippen LogP contribution in [0.15, 0.2) is 17.0 Å². The number of thiol groups is 1. The lowest BCUT2D eigenvalue weighted by atomic mass is 10.1. The summed E-state index contributed by atoms with van der Waals surface area (Å²) in [4.78, 5) is 1.07. The van der Waals surface area contributed by atoms with Crippen molar-refractivity contribution in [3.63, 3.8) is 0 Å². The first kappa shape index (κ1) is 12.4. The number of aryl methyl sites for hydroxylation is 2. The van der Waals surface area contributed by atoms with E-state index in [1.807, 2.05) is 0 Å². The Hall–Kier alpha value is -0.630. The summed E-state index contributed by atoms with van der Waals surface area (Å²) in [6.07, 6.45) is 3.61. The van der Waals surface area contributed by atoms with Gasteiger partial charge in [-0.1, -0.05) is 19.8 Å². The van der Waals surface area contributed by atoms with Gasteiger partial charge in [-0.3, -0.25) is 0 Å². The molecule has 0 atom stereocenters. The van der Waals surface area contributed by atoms with Gasteiger partial charge in [-0.2, -0.15) is 0 Å². The predicted octanol–water partition coefficient (Wildman–Crippen LogP) is 4.16. The maximum atomic E-state index is 5.69. The molecule has 0 amide bonds. The van der Waals surface area contributed by atoms with Gasteiger partial charge in [0.2, 0.25) is 0 Å². The van der Waals surface area contributed by atoms with Crippen LogP contribution in [0.25, 0.3) is 0 Å². The molecule has 0 radical (unpaired) electrons. The van der Waals surface area contributed by atoms with Crippen LogP contribution in [0.5, 0.6) is 5.75 Å². The Morgan fingerprint density at radius 2 is 1.73 bits per heavy atom. The summed E-state index contributed by atoms with van der Waals surface area (Å²) >= 11 is 4.43. The van der Waals surface area contributed by atoms with Gasteiger partial charge < -0.3 is 4.74 Å². The van der Waals surface area contributed by atoms with Crippen molar-refractivity contribution in [3.05, 3.63) is 23.3 Å². The maximum absolute atomic E-state index is 5.69. The molecule has 1 rings (SSSR count). The van der Waals surface area contributed by atoms with E-state index in [-0.39, 0.29) is 0 Å². The summed E-state index contributed by atoms with van der Waals surface area (Å²) in [5.74, 6) is 0.971.